The molecular formula is C10H14F3N3O. The van der Waals surface area contributed by atoms with Crippen LogP contribution in [0.3, 0.4) is 0 Å². The molecule has 0 aliphatic rings. The fourth-order valence-electron chi connectivity index (χ4n) is 1.31. The van der Waals surface area contributed by atoms with Gasteiger partial charge in [0.2, 0.25) is 0 Å². The molecule has 0 aliphatic carbocycles. The van der Waals surface area contributed by atoms with Gasteiger partial charge in [-0.3, -0.25) is 10.8 Å². The van der Waals surface area contributed by atoms with Gasteiger partial charge in [-0.2, -0.15) is 13.2 Å². The number of aromatic nitrogens is 1. The Morgan fingerprint density at radius 2 is 2.00 bits per heavy atom. The molecule has 3 N–H and O–H groups in total. The van der Waals surface area contributed by atoms with Crippen molar-refractivity contribution < 1.29 is 17.9 Å². The summed E-state index contributed by atoms with van der Waals surface area (Å²) in [7, 11) is 0. The Balaban J connectivity index is 2.97. The van der Waals surface area contributed by atoms with Crippen LogP contribution in [0.1, 0.15) is 25.5 Å². The second-order valence-electron chi connectivity index (χ2n) is 3.76. The molecule has 1 rings (SSSR count). The van der Waals surface area contributed by atoms with Crippen molar-refractivity contribution in [2.75, 3.05) is 0 Å². The van der Waals surface area contributed by atoms with Gasteiger partial charge < -0.3 is 4.74 Å². The van der Waals surface area contributed by atoms with Crippen LogP contribution in [0.4, 0.5) is 13.2 Å². The van der Waals surface area contributed by atoms with Crippen molar-refractivity contribution >= 4 is 0 Å². The first-order valence-corrected chi connectivity index (χ1v) is 4.99. The summed E-state index contributed by atoms with van der Waals surface area (Å²) in [5.74, 6) is 5.18. The molecule has 1 aromatic heterocycles. The fourth-order valence-corrected chi connectivity index (χ4v) is 1.31. The van der Waals surface area contributed by atoms with Gasteiger partial charge in [0.25, 0.3) is 0 Å². The molecule has 17 heavy (non-hydrogen) atoms. The molecule has 0 saturated carbocycles. The van der Waals surface area contributed by atoms with Gasteiger partial charge in [-0.1, -0.05) is 0 Å². The molecule has 0 aromatic carbocycles. The van der Waals surface area contributed by atoms with E-state index in [-0.39, 0.29) is 17.4 Å². The molecule has 0 bridgehead atoms. The van der Waals surface area contributed by atoms with Crippen LogP contribution in [0.5, 0.6) is 5.75 Å². The van der Waals surface area contributed by atoms with E-state index in [2.05, 4.69) is 4.98 Å². The number of nitrogens with zero attached hydrogens (tertiary/aromatic N) is 1. The van der Waals surface area contributed by atoms with E-state index in [9.17, 15) is 13.2 Å². The van der Waals surface area contributed by atoms with Crippen LogP contribution in [0, 0.1) is 0 Å². The van der Waals surface area contributed by atoms with Gasteiger partial charge in [0, 0.05) is 11.8 Å². The van der Waals surface area contributed by atoms with Crippen molar-refractivity contribution in [1.29, 1.82) is 0 Å². The molecule has 7 heteroatoms. The molecule has 0 aliphatic heterocycles. The average molecular weight is 249 g/mol. The van der Waals surface area contributed by atoms with Crippen LogP contribution in [-0.2, 0) is 0 Å². The van der Waals surface area contributed by atoms with Crippen LogP contribution < -0.4 is 16.0 Å². The van der Waals surface area contributed by atoms with Crippen molar-refractivity contribution in [2.45, 2.75) is 32.2 Å². The molecule has 0 radical (unpaired) electrons. The summed E-state index contributed by atoms with van der Waals surface area (Å²) in [6.07, 6.45) is -2.16. The highest BCUT2D eigenvalue weighted by atomic mass is 19.4. The van der Waals surface area contributed by atoms with E-state index in [1.807, 2.05) is 0 Å². The van der Waals surface area contributed by atoms with Gasteiger partial charge in [-0.15, -0.1) is 0 Å². The van der Waals surface area contributed by atoms with Crippen LogP contribution in [0.2, 0.25) is 0 Å². The minimum atomic E-state index is -4.48. The van der Waals surface area contributed by atoms with Crippen LogP contribution in [0.25, 0.3) is 0 Å². The van der Waals surface area contributed by atoms with Gasteiger partial charge in [0.1, 0.15) is 11.8 Å². The summed E-state index contributed by atoms with van der Waals surface area (Å²) in [5.41, 5.74) is 1.63. The Morgan fingerprint density at radius 1 is 1.35 bits per heavy atom. The van der Waals surface area contributed by atoms with Crippen molar-refractivity contribution in [2.24, 2.45) is 5.84 Å². The van der Waals surface area contributed by atoms with E-state index >= 15 is 0 Å². The van der Waals surface area contributed by atoms with Gasteiger partial charge in [0.05, 0.1) is 12.3 Å². The lowest BCUT2D eigenvalue weighted by atomic mass is 10.1. The van der Waals surface area contributed by atoms with E-state index in [4.69, 9.17) is 10.6 Å². The first-order valence-electron chi connectivity index (χ1n) is 4.99. The maximum Gasteiger partial charge on any atom is 0.409 e. The van der Waals surface area contributed by atoms with Gasteiger partial charge >= 0.3 is 6.18 Å². The van der Waals surface area contributed by atoms with E-state index in [1.165, 1.54) is 12.3 Å². The number of hydrogen-bond acceptors (Lipinski definition) is 4. The highest BCUT2D eigenvalue weighted by Crippen LogP contribution is 2.32. The molecule has 96 valence electrons. The summed E-state index contributed by atoms with van der Waals surface area (Å²) >= 11 is 0. The molecule has 1 heterocycles. The minimum Gasteiger partial charge on any atom is -0.489 e. The minimum absolute atomic E-state index is 0.0850. The monoisotopic (exact) mass is 249 g/mol. The Morgan fingerprint density at radius 3 is 2.47 bits per heavy atom. The van der Waals surface area contributed by atoms with Crippen LogP contribution >= 0.6 is 0 Å². The third-order valence-corrected chi connectivity index (χ3v) is 1.93. The van der Waals surface area contributed by atoms with Gasteiger partial charge in [-0.25, -0.2) is 5.43 Å². The molecule has 1 unspecified atom stereocenters. The molecule has 1 atom stereocenters. The zero-order valence-corrected chi connectivity index (χ0v) is 9.45. The predicted molar refractivity (Wildman–Crippen MR) is 56.1 cm³/mol. The summed E-state index contributed by atoms with van der Waals surface area (Å²) in [6.45, 7) is 3.55. The number of pyridine rings is 1. The standard InChI is InChI=1S/C10H14F3N3O/c1-6(2)17-8-3-7(4-15-5-8)9(16-14)10(11,12)13/h3-6,9,16H,14H2,1-2H3. The summed E-state index contributed by atoms with van der Waals surface area (Å²) < 4.78 is 43.0. The SMILES string of the molecule is CC(C)Oc1cncc(C(NN)C(F)(F)F)c1. The Hall–Kier alpha value is -1.34. The third kappa shape index (κ3) is 3.86. The zero-order valence-electron chi connectivity index (χ0n) is 9.45. The lowest BCUT2D eigenvalue weighted by Crippen LogP contribution is -2.38. The van der Waals surface area contributed by atoms with Crippen LogP contribution in [0.15, 0.2) is 18.5 Å². The number of hydrazine groups is 1. The molecule has 4 nitrogen and oxygen atoms in total. The number of nitrogens with one attached hydrogen (secondary N) is 1. The second-order valence-corrected chi connectivity index (χ2v) is 3.76. The highest BCUT2D eigenvalue weighted by molar-refractivity contribution is 5.27. The lowest BCUT2D eigenvalue weighted by Gasteiger charge is -2.20. The van der Waals surface area contributed by atoms with E-state index in [1.54, 1.807) is 19.3 Å². The zero-order chi connectivity index (χ0) is 13.1. The van der Waals surface area contributed by atoms with Gasteiger partial charge in [0.15, 0.2) is 0 Å². The topological polar surface area (TPSA) is 60.2 Å². The number of hydrogen-bond donors (Lipinski definition) is 2. The smallest absolute Gasteiger partial charge is 0.409 e. The predicted octanol–water partition coefficient (Wildman–Crippen LogP) is 1.94. The van der Waals surface area contributed by atoms with Crippen molar-refractivity contribution in [3.8, 4) is 5.75 Å². The molecule has 1 aromatic rings. The molecule has 0 fully saturated rings. The van der Waals surface area contributed by atoms with E-state index < -0.39 is 12.2 Å². The Labute approximate surface area is 96.9 Å². The lowest BCUT2D eigenvalue weighted by molar-refractivity contribution is -0.157. The Bertz CT molecular complexity index is 368. The van der Waals surface area contributed by atoms with Gasteiger partial charge in [-0.05, 0) is 19.9 Å². The molecule has 0 spiro atoms. The van der Waals surface area contributed by atoms with Crippen LogP contribution in [-0.4, -0.2) is 17.3 Å². The summed E-state index contributed by atoms with van der Waals surface area (Å²) in [6, 6.07) is -0.684. The van der Waals surface area contributed by atoms with Crippen molar-refractivity contribution in [3.05, 3.63) is 24.0 Å². The number of halogens is 3. The van der Waals surface area contributed by atoms with Crippen molar-refractivity contribution in [1.82, 2.24) is 10.4 Å². The van der Waals surface area contributed by atoms with E-state index in [0.29, 0.717) is 0 Å². The largest absolute Gasteiger partial charge is 0.489 e. The highest BCUT2D eigenvalue weighted by Gasteiger charge is 2.40. The molecule has 0 amide bonds. The maximum absolute atomic E-state index is 12.6. The first-order chi connectivity index (χ1) is 7.84. The second kappa shape index (κ2) is 5.33. The quantitative estimate of drug-likeness (QED) is 0.632. The Kier molecular flexibility index (Phi) is 4.30. The number of rotatable bonds is 4. The summed E-state index contributed by atoms with van der Waals surface area (Å²) in [4.78, 5) is 3.70. The normalized spacial score (nSPS) is 13.8. The fraction of sp³-hybridized carbons (Fsp3) is 0.500. The maximum atomic E-state index is 12.6. The number of alkyl halides is 3. The number of nitrogens with two attached hydrogens (primary N) is 1. The number of ether oxygens (including phenoxy) is 1. The van der Waals surface area contributed by atoms with E-state index in [0.717, 1.165) is 6.20 Å². The average Bonchev–Trinajstić information content (AvgIpc) is 2.15. The van der Waals surface area contributed by atoms with Crippen molar-refractivity contribution in [3.63, 3.8) is 0 Å². The molecular weight excluding hydrogens is 235 g/mol. The first kappa shape index (κ1) is 13.7. The summed E-state index contributed by atoms with van der Waals surface area (Å²) in [5, 5.41) is 0. The third-order valence-electron chi connectivity index (χ3n) is 1.93. The molecule has 0 saturated heterocycles.